The van der Waals surface area contributed by atoms with E-state index in [0.29, 0.717) is 12.5 Å². The summed E-state index contributed by atoms with van der Waals surface area (Å²) in [7, 11) is -1.99. The highest BCUT2D eigenvalue weighted by molar-refractivity contribution is 6.74. The zero-order valence-corrected chi connectivity index (χ0v) is 22.5. The first-order valence-corrected chi connectivity index (χ1v) is 15.7. The van der Waals surface area contributed by atoms with Crippen LogP contribution in [0.1, 0.15) is 68.8 Å². The van der Waals surface area contributed by atoms with Gasteiger partial charge in [0.15, 0.2) is 8.32 Å². The fraction of sp³-hybridized carbons (Fsp3) is 0.500. The number of nitrogens with zero attached hydrogens (tertiary/aromatic N) is 3. The molecule has 1 aromatic carbocycles. The maximum Gasteiger partial charge on any atom is 0.410 e. The van der Waals surface area contributed by atoms with E-state index in [1.807, 2.05) is 35.2 Å². The second-order valence-electron chi connectivity index (χ2n) is 11.6. The third kappa shape index (κ3) is 5.16. The van der Waals surface area contributed by atoms with Crippen molar-refractivity contribution in [3.8, 4) is 0 Å². The zero-order valence-electron chi connectivity index (χ0n) is 21.5. The van der Waals surface area contributed by atoms with E-state index in [1.54, 1.807) is 0 Å². The van der Waals surface area contributed by atoms with Crippen molar-refractivity contribution in [3.05, 3.63) is 71.7 Å². The quantitative estimate of drug-likeness (QED) is 0.361. The van der Waals surface area contributed by atoms with Gasteiger partial charge in [0.05, 0.1) is 17.8 Å². The molecule has 0 spiro atoms. The Bertz CT molecular complexity index is 1200. The first-order chi connectivity index (χ1) is 16.6. The molecule has 186 valence electrons. The Morgan fingerprint density at radius 3 is 2.51 bits per heavy atom. The van der Waals surface area contributed by atoms with Gasteiger partial charge in [-0.25, -0.2) is 9.78 Å². The number of hydrogen-bond donors (Lipinski definition) is 0. The minimum absolute atomic E-state index is 0.0306. The summed E-state index contributed by atoms with van der Waals surface area (Å²) in [5.74, 6) is 0.684. The second kappa shape index (κ2) is 9.10. The molecule has 7 heteroatoms. The summed E-state index contributed by atoms with van der Waals surface area (Å²) in [5, 5.41) is 0.103. The lowest BCUT2D eigenvalue weighted by Gasteiger charge is -2.38. The summed E-state index contributed by atoms with van der Waals surface area (Å²) in [4.78, 5) is 20.0. The predicted octanol–water partition coefficient (Wildman–Crippen LogP) is 6.69. The SMILES string of the molecule is CC(C)(C)[Si](C)(C)O[C@H]1C[C@H](c2cn3cc(C4CC4)ccc3n2)N(C(=O)OCc2ccccc2)C1. The van der Waals surface area contributed by atoms with Crippen molar-refractivity contribution in [2.75, 3.05) is 6.54 Å². The van der Waals surface area contributed by atoms with E-state index >= 15 is 0 Å². The van der Waals surface area contributed by atoms with E-state index in [4.69, 9.17) is 14.1 Å². The monoisotopic (exact) mass is 491 g/mol. The molecule has 1 aliphatic carbocycles. The number of pyridine rings is 1. The average Bonchev–Trinajstić information content (AvgIpc) is 3.44. The Kier molecular flexibility index (Phi) is 6.26. The minimum Gasteiger partial charge on any atom is -0.445 e. The van der Waals surface area contributed by atoms with Crippen LogP contribution >= 0.6 is 0 Å². The molecule has 0 bridgehead atoms. The van der Waals surface area contributed by atoms with Gasteiger partial charge in [0, 0.05) is 25.4 Å². The molecule has 0 radical (unpaired) electrons. The van der Waals surface area contributed by atoms with E-state index in [1.165, 1.54) is 18.4 Å². The van der Waals surface area contributed by atoms with Gasteiger partial charge in [0.1, 0.15) is 12.3 Å². The van der Waals surface area contributed by atoms with Gasteiger partial charge in [-0.15, -0.1) is 0 Å². The zero-order chi connectivity index (χ0) is 24.8. The first-order valence-electron chi connectivity index (χ1n) is 12.7. The molecule has 1 amide bonds. The molecule has 2 aliphatic rings. The fourth-order valence-corrected chi connectivity index (χ4v) is 5.97. The van der Waals surface area contributed by atoms with E-state index in [9.17, 15) is 4.79 Å². The van der Waals surface area contributed by atoms with Crippen molar-refractivity contribution < 1.29 is 14.0 Å². The van der Waals surface area contributed by atoms with Gasteiger partial charge in [-0.05, 0) is 54.1 Å². The molecule has 2 atom stereocenters. The Balaban J connectivity index is 1.39. The highest BCUT2D eigenvalue weighted by Gasteiger charge is 2.45. The summed E-state index contributed by atoms with van der Waals surface area (Å²) < 4.78 is 14.6. The van der Waals surface area contributed by atoms with Crippen LogP contribution < -0.4 is 0 Å². The minimum atomic E-state index is -1.99. The molecule has 2 fully saturated rings. The van der Waals surface area contributed by atoms with Crippen LogP contribution in [-0.4, -0.2) is 41.3 Å². The molecule has 1 saturated carbocycles. The van der Waals surface area contributed by atoms with Crippen LogP contribution in [0.15, 0.2) is 54.9 Å². The maximum atomic E-state index is 13.3. The number of aromatic nitrogens is 2. The molecule has 1 saturated heterocycles. The van der Waals surface area contributed by atoms with Crippen molar-refractivity contribution in [2.24, 2.45) is 0 Å². The topological polar surface area (TPSA) is 56.1 Å². The number of likely N-dealkylation sites (tertiary alicyclic amines) is 1. The number of carbonyl (C=O) groups is 1. The highest BCUT2D eigenvalue weighted by atomic mass is 28.4. The lowest BCUT2D eigenvalue weighted by Crippen LogP contribution is -2.44. The summed E-state index contributed by atoms with van der Waals surface area (Å²) in [6, 6.07) is 13.9. The lowest BCUT2D eigenvalue weighted by atomic mass is 10.1. The first kappa shape index (κ1) is 24.1. The van der Waals surface area contributed by atoms with Gasteiger partial charge >= 0.3 is 6.09 Å². The standard InChI is InChI=1S/C28H37N3O3Si/c1-28(2,3)35(4,5)34-23-15-25(31(17-23)27(32)33-19-20-9-7-6-8-10-20)24-18-30-16-22(21-11-12-21)13-14-26(30)29-24/h6-10,13-14,16,18,21,23,25H,11-12,15,17,19H2,1-5H3/t23-,25+/m0/s1. The van der Waals surface area contributed by atoms with Crippen molar-refractivity contribution in [1.29, 1.82) is 0 Å². The van der Waals surface area contributed by atoms with Crippen LogP contribution in [0.5, 0.6) is 0 Å². The smallest absolute Gasteiger partial charge is 0.410 e. The van der Waals surface area contributed by atoms with Gasteiger partial charge < -0.3 is 13.6 Å². The summed E-state index contributed by atoms with van der Waals surface area (Å²) in [6.07, 6.45) is 7.20. The van der Waals surface area contributed by atoms with Crippen molar-refractivity contribution in [3.63, 3.8) is 0 Å². The average molecular weight is 492 g/mol. The molecule has 3 heterocycles. The van der Waals surface area contributed by atoms with E-state index in [2.05, 4.69) is 62.8 Å². The number of benzene rings is 1. The number of fused-ring (bicyclic) bond motifs is 1. The number of hydrogen-bond acceptors (Lipinski definition) is 4. The third-order valence-electron chi connectivity index (χ3n) is 7.85. The van der Waals surface area contributed by atoms with Crippen LogP contribution in [0.3, 0.4) is 0 Å². The van der Waals surface area contributed by atoms with Crippen LogP contribution in [0.2, 0.25) is 18.1 Å². The largest absolute Gasteiger partial charge is 0.445 e. The van der Waals surface area contributed by atoms with E-state index in [-0.39, 0.29) is 29.9 Å². The van der Waals surface area contributed by atoms with Crippen molar-refractivity contribution >= 4 is 20.1 Å². The maximum absolute atomic E-state index is 13.3. The van der Waals surface area contributed by atoms with Gasteiger partial charge in [-0.3, -0.25) is 4.90 Å². The van der Waals surface area contributed by atoms with Crippen molar-refractivity contribution in [2.45, 2.75) is 82.8 Å². The molecule has 0 N–H and O–H groups in total. The number of amides is 1. The second-order valence-corrected chi connectivity index (χ2v) is 16.4. The third-order valence-corrected chi connectivity index (χ3v) is 12.4. The number of imidazole rings is 1. The Labute approximate surface area is 209 Å². The molecule has 0 unspecified atom stereocenters. The molecule has 1 aliphatic heterocycles. The van der Waals surface area contributed by atoms with E-state index < -0.39 is 8.32 Å². The molecule has 5 rings (SSSR count). The molecular weight excluding hydrogens is 454 g/mol. The molecule has 2 aromatic heterocycles. The van der Waals surface area contributed by atoms with Crippen LogP contribution in [0.4, 0.5) is 4.79 Å². The summed E-state index contributed by atoms with van der Waals surface area (Å²) >= 11 is 0. The van der Waals surface area contributed by atoms with Gasteiger partial charge in [-0.2, -0.15) is 0 Å². The molecular formula is C28H37N3O3Si. The fourth-order valence-electron chi connectivity index (χ4n) is 4.61. The van der Waals surface area contributed by atoms with Gasteiger partial charge in [0.25, 0.3) is 0 Å². The normalized spacial score (nSPS) is 21.0. The molecule has 35 heavy (non-hydrogen) atoms. The summed E-state index contributed by atoms with van der Waals surface area (Å²) in [5.41, 5.74) is 4.16. The Morgan fingerprint density at radius 1 is 1.09 bits per heavy atom. The number of rotatable bonds is 6. The van der Waals surface area contributed by atoms with E-state index in [0.717, 1.165) is 23.3 Å². The Morgan fingerprint density at radius 2 is 1.83 bits per heavy atom. The summed E-state index contributed by atoms with van der Waals surface area (Å²) in [6.45, 7) is 12.1. The van der Waals surface area contributed by atoms with Gasteiger partial charge in [0.2, 0.25) is 0 Å². The highest BCUT2D eigenvalue weighted by Crippen LogP contribution is 2.42. The number of ether oxygens (including phenoxy) is 1. The Hall–Kier alpha value is -2.64. The lowest BCUT2D eigenvalue weighted by molar-refractivity contribution is 0.0878. The molecule has 3 aromatic rings. The molecule has 6 nitrogen and oxygen atoms in total. The predicted molar refractivity (Wildman–Crippen MR) is 140 cm³/mol. The van der Waals surface area contributed by atoms with Crippen LogP contribution in [0, 0.1) is 0 Å². The van der Waals surface area contributed by atoms with Gasteiger partial charge in [-0.1, -0.05) is 57.2 Å². The van der Waals surface area contributed by atoms with Crippen molar-refractivity contribution in [1.82, 2.24) is 14.3 Å². The van der Waals surface area contributed by atoms with Crippen LogP contribution in [0.25, 0.3) is 5.65 Å². The number of carbonyl (C=O) groups excluding carboxylic acids is 1. The van der Waals surface area contributed by atoms with Crippen LogP contribution in [-0.2, 0) is 15.8 Å².